The molecular weight excluding hydrogens is 945 g/mol. The Morgan fingerprint density at radius 3 is 1.24 bits per heavy atom. The van der Waals surface area contributed by atoms with Crippen molar-refractivity contribution in [1.82, 2.24) is 21.3 Å². The number of benzene rings is 6. The summed E-state index contributed by atoms with van der Waals surface area (Å²) in [6.07, 6.45) is -0.661. The molecule has 9 nitrogen and oxygen atoms in total. The van der Waals surface area contributed by atoms with Gasteiger partial charge in [-0.1, -0.05) is 125 Å². The van der Waals surface area contributed by atoms with Gasteiger partial charge in [-0.05, 0) is 138 Å². The van der Waals surface area contributed by atoms with Crippen molar-refractivity contribution in [2.24, 2.45) is 11.8 Å². The predicted octanol–water partition coefficient (Wildman–Crippen LogP) is 11.4. The van der Waals surface area contributed by atoms with E-state index in [2.05, 4.69) is 110 Å². The monoisotopic (exact) mass is 1020 g/mol. The number of aliphatic hydroxyl groups is 2. The summed E-state index contributed by atoms with van der Waals surface area (Å²) in [5.74, 6) is -2.09. The summed E-state index contributed by atoms with van der Waals surface area (Å²) >= 11 is 0. The van der Waals surface area contributed by atoms with Gasteiger partial charge in [0.1, 0.15) is 28.9 Å². The van der Waals surface area contributed by atoms with Crippen LogP contribution in [0.15, 0.2) is 133 Å². The third-order valence-corrected chi connectivity index (χ3v) is 11.9. The summed E-state index contributed by atoms with van der Waals surface area (Å²) in [6, 6.07) is 38.1. The molecule has 6 aromatic carbocycles. The minimum Gasteiger partial charge on any atom is -0.444 e. The Morgan fingerprint density at radius 2 is 0.892 bits per heavy atom. The molecule has 0 bridgehead atoms. The van der Waals surface area contributed by atoms with Gasteiger partial charge in [0.05, 0.1) is 24.3 Å². The number of alkyl carbamates (subject to hydrolysis) is 1. The molecule has 0 aromatic heterocycles. The van der Waals surface area contributed by atoms with Gasteiger partial charge in [-0.25, -0.2) is 22.4 Å². The highest BCUT2D eigenvalue weighted by molar-refractivity contribution is 5.73. The molecule has 6 aromatic rings. The van der Waals surface area contributed by atoms with Crippen LogP contribution in [-0.4, -0.2) is 65.2 Å². The fourth-order valence-corrected chi connectivity index (χ4v) is 8.83. The van der Waals surface area contributed by atoms with E-state index in [1.165, 1.54) is 42.3 Å². The van der Waals surface area contributed by atoms with E-state index in [0.717, 1.165) is 58.4 Å². The van der Waals surface area contributed by atoms with Crippen LogP contribution in [0.3, 0.4) is 0 Å². The Kier molecular flexibility index (Phi) is 22.4. The molecule has 2 amide bonds. The lowest BCUT2D eigenvalue weighted by Gasteiger charge is -2.27. The first-order chi connectivity index (χ1) is 35.1. The van der Waals surface area contributed by atoms with Gasteiger partial charge in [0, 0.05) is 45.2 Å². The Labute approximate surface area is 435 Å². The van der Waals surface area contributed by atoms with Gasteiger partial charge in [-0.2, -0.15) is 0 Å². The van der Waals surface area contributed by atoms with E-state index in [9.17, 15) is 37.4 Å². The van der Waals surface area contributed by atoms with E-state index in [1.807, 2.05) is 36.4 Å². The molecule has 0 spiro atoms. The third kappa shape index (κ3) is 20.1. The van der Waals surface area contributed by atoms with Crippen LogP contribution < -0.4 is 21.3 Å². The molecule has 396 valence electrons. The van der Waals surface area contributed by atoms with E-state index in [4.69, 9.17) is 4.74 Å². The maximum absolute atomic E-state index is 13.8. The number of carbonyl (C=O) groups is 2. The van der Waals surface area contributed by atoms with Gasteiger partial charge < -0.3 is 36.2 Å². The van der Waals surface area contributed by atoms with Gasteiger partial charge in [-0.15, -0.1) is 0 Å². The highest BCUT2D eigenvalue weighted by Crippen LogP contribution is 2.28. The number of halogens is 4. The van der Waals surface area contributed by atoms with Crippen LogP contribution >= 0.6 is 0 Å². The fourth-order valence-electron chi connectivity index (χ4n) is 8.83. The number of hydrogen-bond donors (Lipinski definition) is 6. The Morgan fingerprint density at radius 1 is 0.514 bits per heavy atom. The van der Waals surface area contributed by atoms with Crippen molar-refractivity contribution in [1.29, 1.82) is 0 Å². The maximum Gasteiger partial charge on any atom is 0.407 e. The smallest absolute Gasteiger partial charge is 0.407 e. The van der Waals surface area contributed by atoms with Crippen LogP contribution in [0.1, 0.15) is 88.8 Å². The van der Waals surface area contributed by atoms with Gasteiger partial charge in [0.15, 0.2) is 0 Å². The molecule has 13 heteroatoms. The molecule has 0 aliphatic heterocycles. The van der Waals surface area contributed by atoms with Crippen molar-refractivity contribution in [2.45, 2.75) is 124 Å². The highest BCUT2D eigenvalue weighted by Gasteiger charge is 2.26. The van der Waals surface area contributed by atoms with Crippen LogP contribution in [0.25, 0.3) is 22.3 Å². The SMILES string of the molecule is CC(=O)NC(Cc1cc(F)cc(F)c1)[C@H](O)CNCc1cc(CC(C)C)ccc1-c1ccccc1.CC(C)Cc1ccc(-c2ccccc2)c(CNC[C@@H](O)C(Cc2cc(F)cc(F)c2)NC(=O)OC(C)(C)C)c1. The number of rotatable bonds is 22. The summed E-state index contributed by atoms with van der Waals surface area (Å²) in [5, 5.41) is 33.9. The fraction of sp³-hybridized carbons (Fsp3) is 0.377. The molecule has 2 unspecified atom stereocenters. The van der Waals surface area contributed by atoms with Crippen LogP contribution in [-0.2, 0) is 48.3 Å². The minimum absolute atomic E-state index is 0.0237. The summed E-state index contributed by atoms with van der Waals surface area (Å²) < 4.78 is 60.2. The largest absolute Gasteiger partial charge is 0.444 e. The van der Waals surface area contributed by atoms with Crippen molar-refractivity contribution in [3.8, 4) is 22.3 Å². The number of nitrogens with one attached hydrogen (secondary N) is 4. The molecule has 0 aliphatic rings. The van der Waals surface area contributed by atoms with Gasteiger partial charge in [0.25, 0.3) is 0 Å². The Balaban J connectivity index is 0.000000276. The van der Waals surface area contributed by atoms with Gasteiger partial charge in [0.2, 0.25) is 5.91 Å². The lowest BCUT2D eigenvalue weighted by atomic mass is 9.94. The Hall–Kier alpha value is -6.38. The van der Waals surface area contributed by atoms with Crippen molar-refractivity contribution in [3.05, 3.63) is 190 Å². The van der Waals surface area contributed by atoms with Gasteiger partial charge >= 0.3 is 6.09 Å². The van der Waals surface area contributed by atoms with Crippen LogP contribution in [0.2, 0.25) is 0 Å². The third-order valence-electron chi connectivity index (χ3n) is 11.9. The van der Waals surface area contributed by atoms with Crippen LogP contribution in [0, 0.1) is 35.1 Å². The maximum atomic E-state index is 13.8. The second kappa shape index (κ2) is 28.3. The normalized spacial score (nSPS) is 13.1. The summed E-state index contributed by atoms with van der Waals surface area (Å²) in [4.78, 5) is 24.2. The molecule has 0 aliphatic carbocycles. The first kappa shape index (κ1) is 58.5. The number of carbonyl (C=O) groups excluding carboxylic acids is 2. The number of aliphatic hydroxyl groups excluding tert-OH is 2. The molecule has 74 heavy (non-hydrogen) atoms. The molecule has 0 heterocycles. The molecule has 0 saturated carbocycles. The molecular formula is C61H74F4N4O5. The quantitative estimate of drug-likeness (QED) is 0.0373. The van der Waals surface area contributed by atoms with Crippen LogP contribution in [0.5, 0.6) is 0 Å². The minimum atomic E-state index is -1.05. The summed E-state index contributed by atoms with van der Waals surface area (Å²) in [7, 11) is 0. The summed E-state index contributed by atoms with van der Waals surface area (Å²) in [6.45, 7) is 16.6. The Bertz CT molecular complexity index is 2670. The number of amides is 2. The highest BCUT2D eigenvalue weighted by atomic mass is 19.1. The first-order valence-corrected chi connectivity index (χ1v) is 25.4. The van der Waals surface area contributed by atoms with E-state index in [0.29, 0.717) is 36.1 Å². The van der Waals surface area contributed by atoms with E-state index in [-0.39, 0.29) is 31.8 Å². The first-order valence-electron chi connectivity index (χ1n) is 25.4. The predicted molar refractivity (Wildman–Crippen MR) is 287 cm³/mol. The lowest BCUT2D eigenvalue weighted by molar-refractivity contribution is -0.120. The summed E-state index contributed by atoms with van der Waals surface area (Å²) in [5.41, 5.74) is 9.08. The standard InChI is InChI=1S/C32H40F2N2O3.C29H34F2N2O2/c1-21(2)13-22-11-12-28(24-9-7-6-8-10-24)25(14-22)19-35-20-30(37)29(36-31(38)39-32(3,4)5)17-23-15-26(33)18-27(34)16-23;1-19(2)11-21-9-10-27(23-7-5-4-6-8-23)24(12-21)17-32-18-29(35)28(33-20(3)34)15-22-13-25(30)16-26(31)14-22/h6-12,14-16,18,21,29-30,35,37H,13,17,19-20H2,1-5H3,(H,36,38);4-10,12-14,16,19,28-29,32,35H,11,15,17-18H2,1-3H3,(H,33,34)/t29?,30-;28?,29-/m11/s1. The lowest BCUT2D eigenvalue weighted by Crippen LogP contribution is -2.50. The van der Waals surface area contributed by atoms with Gasteiger partial charge in [-0.3, -0.25) is 4.79 Å². The molecule has 0 radical (unpaired) electrons. The van der Waals surface area contributed by atoms with Crippen molar-refractivity contribution in [3.63, 3.8) is 0 Å². The second-order valence-corrected chi connectivity index (χ2v) is 20.8. The van der Waals surface area contributed by atoms with Crippen molar-refractivity contribution in [2.75, 3.05) is 13.1 Å². The molecule has 0 fully saturated rings. The molecule has 4 atom stereocenters. The van der Waals surface area contributed by atoms with E-state index < -0.39 is 59.3 Å². The topological polar surface area (TPSA) is 132 Å². The molecule has 6 N–H and O–H groups in total. The van der Waals surface area contributed by atoms with Crippen molar-refractivity contribution < 1.29 is 42.1 Å². The van der Waals surface area contributed by atoms with Crippen molar-refractivity contribution >= 4 is 12.0 Å². The second-order valence-electron chi connectivity index (χ2n) is 20.8. The number of hydrogen-bond acceptors (Lipinski definition) is 7. The van der Waals surface area contributed by atoms with E-state index in [1.54, 1.807) is 20.8 Å². The zero-order valence-corrected chi connectivity index (χ0v) is 44.0. The molecule has 6 rings (SSSR count). The molecule has 0 saturated heterocycles. The average molecular weight is 1020 g/mol. The van der Waals surface area contributed by atoms with Crippen LogP contribution in [0.4, 0.5) is 22.4 Å². The average Bonchev–Trinajstić information content (AvgIpc) is 3.30. The zero-order valence-electron chi connectivity index (χ0n) is 44.0. The zero-order chi connectivity index (χ0) is 54.0. The van der Waals surface area contributed by atoms with E-state index >= 15 is 0 Å². The number of ether oxygens (including phenoxy) is 1.